The summed E-state index contributed by atoms with van der Waals surface area (Å²) >= 11 is 6.33. The lowest BCUT2D eigenvalue weighted by Gasteiger charge is -2.34. The molecule has 1 unspecified atom stereocenters. The van der Waals surface area contributed by atoms with E-state index in [0.29, 0.717) is 67.1 Å². The van der Waals surface area contributed by atoms with E-state index >= 15 is 0 Å². The van der Waals surface area contributed by atoms with E-state index in [9.17, 15) is 9.90 Å². The van der Waals surface area contributed by atoms with Gasteiger partial charge in [-0.15, -0.1) is 0 Å². The zero-order valence-corrected chi connectivity index (χ0v) is 19.2. The van der Waals surface area contributed by atoms with Crippen LogP contribution in [0.2, 0.25) is 5.02 Å². The summed E-state index contributed by atoms with van der Waals surface area (Å²) in [6, 6.07) is 11.6. The number of fused-ring (bicyclic) bond motifs is 1. The van der Waals surface area contributed by atoms with Gasteiger partial charge in [0.1, 0.15) is 17.2 Å². The topological polar surface area (TPSA) is 65.0 Å². The molecule has 31 heavy (non-hydrogen) atoms. The summed E-state index contributed by atoms with van der Waals surface area (Å²) in [6.07, 6.45) is 3.26. The van der Waals surface area contributed by atoms with E-state index in [-0.39, 0.29) is 0 Å². The van der Waals surface area contributed by atoms with Crippen LogP contribution < -0.4 is 14.2 Å². The standard InChI is InChI=1S/C25H31ClO5/c1-4-25(24(27)28)11-10-19-7-8-20(16-23(19)31-25)29-12-5-13-30-22-9-6-18(14-17(2)3)15-21(22)26/h6-9,15-17H,4-5,10-14H2,1-3H3,(H,27,28). The highest BCUT2D eigenvalue weighted by Crippen LogP contribution is 2.37. The number of rotatable bonds is 10. The molecule has 0 fully saturated rings. The Hall–Kier alpha value is -2.40. The summed E-state index contributed by atoms with van der Waals surface area (Å²) in [4.78, 5) is 11.7. The average Bonchev–Trinajstić information content (AvgIpc) is 2.73. The molecule has 3 rings (SSSR count). The van der Waals surface area contributed by atoms with Crippen LogP contribution in [0.1, 0.15) is 51.2 Å². The van der Waals surface area contributed by atoms with Gasteiger partial charge in [-0.05, 0) is 54.5 Å². The predicted molar refractivity (Wildman–Crippen MR) is 122 cm³/mol. The summed E-state index contributed by atoms with van der Waals surface area (Å²) in [5.41, 5.74) is 1.07. The van der Waals surface area contributed by atoms with E-state index in [2.05, 4.69) is 19.9 Å². The van der Waals surface area contributed by atoms with Gasteiger partial charge in [0, 0.05) is 18.9 Å². The Morgan fingerprint density at radius 3 is 2.65 bits per heavy atom. The molecule has 1 aliphatic heterocycles. The van der Waals surface area contributed by atoms with Gasteiger partial charge in [-0.3, -0.25) is 0 Å². The number of hydrogen-bond donors (Lipinski definition) is 1. The van der Waals surface area contributed by atoms with Crippen molar-refractivity contribution in [3.63, 3.8) is 0 Å². The molecule has 0 amide bonds. The molecule has 168 valence electrons. The lowest BCUT2D eigenvalue weighted by molar-refractivity contribution is -0.157. The van der Waals surface area contributed by atoms with Crippen LogP contribution in [0.15, 0.2) is 36.4 Å². The van der Waals surface area contributed by atoms with Crippen LogP contribution in [0, 0.1) is 5.92 Å². The Bertz CT molecular complexity index is 911. The fourth-order valence-electron chi connectivity index (χ4n) is 3.77. The molecule has 0 saturated heterocycles. The van der Waals surface area contributed by atoms with Crippen LogP contribution >= 0.6 is 11.6 Å². The predicted octanol–water partition coefficient (Wildman–Crippen LogP) is 5.94. The second kappa shape index (κ2) is 10.3. The first-order valence-corrected chi connectivity index (χ1v) is 11.3. The van der Waals surface area contributed by atoms with Gasteiger partial charge >= 0.3 is 5.97 Å². The maximum absolute atomic E-state index is 11.7. The molecular weight excluding hydrogens is 416 g/mol. The smallest absolute Gasteiger partial charge is 0.348 e. The van der Waals surface area contributed by atoms with Gasteiger partial charge in [-0.1, -0.05) is 44.5 Å². The normalized spacial score (nSPS) is 17.7. The summed E-state index contributed by atoms with van der Waals surface area (Å²) < 4.78 is 17.5. The van der Waals surface area contributed by atoms with E-state index in [1.54, 1.807) is 6.07 Å². The zero-order chi connectivity index (χ0) is 22.4. The molecule has 1 heterocycles. The van der Waals surface area contributed by atoms with E-state index in [0.717, 1.165) is 12.0 Å². The van der Waals surface area contributed by atoms with Gasteiger partial charge in [0.05, 0.1) is 18.2 Å². The van der Waals surface area contributed by atoms with E-state index in [4.69, 9.17) is 25.8 Å². The SMILES string of the molecule is CCC1(C(=O)O)CCc2ccc(OCCCOc3ccc(CC(C)C)cc3Cl)cc2O1. The monoisotopic (exact) mass is 446 g/mol. The Morgan fingerprint density at radius 1 is 1.19 bits per heavy atom. The van der Waals surface area contributed by atoms with Crippen molar-refractivity contribution in [1.29, 1.82) is 0 Å². The quantitative estimate of drug-likeness (QED) is 0.457. The van der Waals surface area contributed by atoms with Crippen LogP contribution in [0.3, 0.4) is 0 Å². The highest BCUT2D eigenvalue weighted by Gasteiger charge is 2.42. The molecule has 1 atom stereocenters. The fourth-order valence-corrected chi connectivity index (χ4v) is 4.02. The number of aliphatic carboxylic acids is 1. The maximum atomic E-state index is 11.7. The minimum Gasteiger partial charge on any atom is -0.493 e. The second-order valence-corrected chi connectivity index (χ2v) is 8.85. The molecule has 5 nitrogen and oxygen atoms in total. The van der Waals surface area contributed by atoms with Crippen molar-refractivity contribution < 1.29 is 24.1 Å². The van der Waals surface area contributed by atoms with Crippen molar-refractivity contribution in [2.75, 3.05) is 13.2 Å². The first-order valence-electron chi connectivity index (χ1n) is 10.9. The van der Waals surface area contributed by atoms with E-state index in [1.807, 2.05) is 31.2 Å². The zero-order valence-electron chi connectivity index (χ0n) is 18.4. The number of carboxylic acid groups (broad SMARTS) is 1. The minimum absolute atomic E-state index is 0.422. The highest BCUT2D eigenvalue weighted by molar-refractivity contribution is 6.32. The molecule has 0 saturated carbocycles. The number of aryl methyl sites for hydroxylation is 1. The molecule has 0 aliphatic carbocycles. The number of halogens is 1. The summed E-state index contributed by atoms with van der Waals surface area (Å²) in [5, 5.41) is 10.2. The van der Waals surface area contributed by atoms with Gasteiger partial charge in [-0.2, -0.15) is 0 Å². The van der Waals surface area contributed by atoms with Gasteiger partial charge in [0.15, 0.2) is 0 Å². The van der Waals surface area contributed by atoms with Crippen molar-refractivity contribution in [2.45, 2.75) is 58.5 Å². The lowest BCUT2D eigenvalue weighted by Crippen LogP contribution is -2.46. The van der Waals surface area contributed by atoms with Crippen molar-refractivity contribution >= 4 is 17.6 Å². The van der Waals surface area contributed by atoms with Crippen molar-refractivity contribution in [3.8, 4) is 17.2 Å². The van der Waals surface area contributed by atoms with Crippen LogP contribution in [0.5, 0.6) is 17.2 Å². The van der Waals surface area contributed by atoms with Crippen molar-refractivity contribution in [3.05, 3.63) is 52.5 Å². The third-order valence-electron chi connectivity index (χ3n) is 5.56. The van der Waals surface area contributed by atoms with Gasteiger partial charge in [0.2, 0.25) is 5.60 Å². The molecule has 1 aliphatic rings. The molecule has 6 heteroatoms. The number of hydrogen-bond acceptors (Lipinski definition) is 4. The Morgan fingerprint density at radius 2 is 1.97 bits per heavy atom. The minimum atomic E-state index is -1.15. The van der Waals surface area contributed by atoms with Crippen LogP contribution in [-0.2, 0) is 17.6 Å². The van der Waals surface area contributed by atoms with E-state index < -0.39 is 11.6 Å². The van der Waals surface area contributed by atoms with Gasteiger partial charge in [0.25, 0.3) is 0 Å². The number of carboxylic acids is 1. The number of benzene rings is 2. The highest BCUT2D eigenvalue weighted by atomic mass is 35.5. The van der Waals surface area contributed by atoms with Crippen LogP contribution in [0.4, 0.5) is 0 Å². The molecule has 0 aromatic heterocycles. The molecule has 2 aromatic rings. The third kappa shape index (κ3) is 5.85. The Labute approximate surface area is 189 Å². The van der Waals surface area contributed by atoms with Gasteiger partial charge < -0.3 is 19.3 Å². The van der Waals surface area contributed by atoms with Gasteiger partial charge in [-0.25, -0.2) is 4.79 Å². The summed E-state index contributed by atoms with van der Waals surface area (Å²) in [5.74, 6) is 1.60. The van der Waals surface area contributed by atoms with Crippen LogP contribution in [0.25, 0.3) is 0 Å². The first-order chi connectivity index (χ1) is 14.8. The van der Waals surface area contributed by atoms with Crippen molar-refractivity contribution in [2.24, 2.45) is 5.92 Å². The Kier molecular flexibility index (Phi) is 7.71. The second-order valence-electron chi connectivity index (χ2n) is 8.44. The molecular formula is C25H31ClO5. The third-order valence-corrected chi connectivity index (χ3v) is 5.85. The molecule has 2 aromatic carbocycles. The number of ether oxygens (including phenoxy) is 3. The Balaban J connectivity index is 1.49. The summed E-state index contributed by atoms with van der Waals surface area (Å²) in [7, 11) is 0. The molecule has 0 bridgehead atoms. The maximum Gasteiger partial charge on any atom is 0.348 e. The first kappa shape index (κ1) is 23.3. The van der Waals surface area contributed by atoms with E-state index in [1.165, 1.54) is 5.56 Å². The number of carbonyl (C=O) groups is 1. The molecule has 0 radical (unpaired) electrons. The summed E-state index contributed by atoms with van der Waals surface area (Å²) in [6.45, 7) is 7.16. The molecule has 0 spiro atoms. The molecule has 1 N–H and O–H groups in total. The van der Waals surface area contributed by atoms with Crippen molar-refractivity contribution in [1.82, 2.24) is 0 Å². The fraction of sp³-hybridized carbons (Fsp3) is 0.480. The largest absolute Gasteiger partial charge is 0.493 e. The average molecular weight is 447 g/mol. The van der Waals surface area contributed by atoms with Crippen LogP contribution in [-0.4, -0.2) is 29.9 Å². The lowest BCUT2D eigenvalue weighted by atomic mass is 9.89.